The van der Waals surface area contributed by atoms with E-state index in [0.29, 0.717) is 18.1 Å². The van der Waals surface area contributed by atoms with Crippen molar-refractivity contribution in [3.05, 3.63) is 78.9 Å². The van der Waals surface area contributed by atoms with E-state index >= 15 is 0 Å². The maximum atomic E-state index is 11.9. The van der Waals surface area contributed by atoms with Gasteiger partial charge in [-0.3, -0.25) is 0 Å². The normalized spacial score (nSPS) is 11.5. The van der Waals surface area contributed by atoms with Gasteiger partial charge in [-0.15, -0.1) is 0 Å². The maximum Gasteiger partial charge on any atom is 0.175 e. The Kier molecular flexibility index (Phi) is 7.05. The van der Waals surface area contributed by atoms with Crippen LogP contribution in [-0.4, -0.2) is 39.5 Å². The van der Waals surface area contributed by atoms with Crippen LogP contribution in [0.3, 0.4) is 0 Å². The Morgan fingerprint density at radius 2 is 1.59 bits per heavy atom. The highest BCUT2D eigenvalue weighted by Gasteiger charge is 2.14. The van der Waals surface area contributed by atoms with Crippen molar-refractivity contribution in [2.45, 2.75) is 11.8 Å². The van der Waals surface area contributed by atoms with Crippen molar-refractivity contribution < 1.29 is 23.0 Å². The van der Waals surface area contributed by atoms with Crippen molar-refractivity contribution in [3.8, 4) is 34.1 Å². The standard InChI is InChI=1S/C27H27NO5S/c1-3-28-16-17-32-22-8-10-23(11-9-22)33-27-25(14-6-20-18-21(29)7-15-26(20)27)19-4-12-24(13-5-19)34(2,30)31/h4-15,18,28-29H,3,16-17H2,1-2H3. The summed E-state index contributed by atoms with van der Waals surface area (Å²) in [6.45, 7) is 4.31. The minimum Gasteiger partial charge on any atom is -0.508 e. The minimum absolute atomic E-state index is 0.169. The molecule has 0 unspecified atom stereocenters. The molecule has 0 bridgehead atoms. The van der Waals surface area contributed by atoms with Crippen molar-refractivity contribution in [1.82, 2.24) is 5.32 Å². The zero-order valence-electron chi connectivity index (χ0n) is 19.1. The highest BCUT2D eigenvalue weighted by Crippen LogP contribution is 2.41. The predicted molar refractivity (Wildman–Crippen MR) is 135 cm³/mol. The number of hydrogen-bond donors (Lipinski definition) is 2. The number of benzene rings is 4. The molecular formula is C27H27NO5S. The summed E-state index contributed by atoms with van der Waals surface area (Å²) in [5, 5.41) is 14.8. The zero-order chi connectivity index (χ0) is 24.1. The molecule has 176 valence electrons. The average molecular weight is 478 g/mol. The molecule has 0 amide bonds. The molecule has 0 atom stereocenters. The molecule has 0 aliphatic heterocycles. The molecule has 4 rings (SSSR count). The molecule has 0 fully saturated rings. The van der Waals surface area contributed by atoms with Crippen LogP contribution in [0.1, 0.15) is 6.92 Å². The van der Waals surface area contributed by atoms with Gasteiger partial charge in [0.05, 0.1) is 4.90 Å². The number of fused-ring (bicyclic) bond motifs is 1. The monoisotopic (exact) mass is 477 g/mol. The Hall–Kier alpha value is -3.55. The summed E-state index contributed by atoms with van der Waals surface area (Å²) in [4.78, 5) is 0.258. The van der Waals surface area contributed by atoms with Gasteiger partial charge in [0.2, 0.25) is 0 Å². The Morgan fingerprint density at radius 1 is 0.882 bits per heavy atom. The summed E-state index contributed by atoms with van der Waals surface area (Å²) >= 11 is 0. The number of sulfone groups is 1. The minimum atomic E-state index is -3.29. The van der Waals surface area contributed by atoms with Gasteiger partial charge >= 0.3 is 0 Å². The molecule has 0 radical (unpaired) electrons. The molecule has 4 aromatic rings. The fraction of sp³-hybridized carbons (Fsp3) is 0.185. The summed E-state index contributed by atoms with van der Waals surface area (Å²) in [5.41, 5.74) is 1.63. The number of likely N-dealkylation sites (N-methyl/N-ethyl adjacent to an activating group) is 1. The molecule has 0 saturated carbocycles. The average Bonchev–Trinajstić information content (AvgIpc) is 2.82. The molecule has 2 N–H and O–H groups in total. The second-order valence-electron chi connectivity index (χ2n) is 7.92. The quantitative estimate of drug-likeness (QED) is 0.314. The van der Waals surface area contributed by atoms with Crippen molar-refractivity contribution in [2.75, 3.05) is 26.0 Å². The molecule has 7 heteroatoms. The van der Waals surface area contributed by atoms with Crippen LogP contribution < -0.4 is 14.8 Å². The van der Waals surface area contributed by atoms with Crippen molar-refractivity contribution >= 4 is 20.6 Å². The summed E-state index contributed by atoms with van der Waals surface area (Å²) in [5.74, 6) is 2.17. The van der Waals surface area contributed by atoms with Crippen LogP contribution in [-0.2, 0) is 9.84 Å². The third-order valence-electron chi connectivity index (χ3n) is 5.39. The van der Waals surface area contributed by atoms with Crippen LogP contribution in [0.2, 0.25) is 0 Å². The van der Waals surface area contributed by atoms with Crippen LogP contribution in [0, 0.1) is 0 Å². The van der Waals surface area contributed by atoms with E-state index in [1.54, 1.807) is 36.4 Å². The fourth-order valence-corrected chi connectivity index (χ4v) is 4.28. The van der Waals surface area contributed by atoms with Gasteiger partial charge in [0, 0.05) is 23.8 Å². The fourth-order valence-electron chi connectivity index (χ4n) is 3.65. The molecule has 4 aromatic carbocycles. The second kappa shape index (κ2) is 10.2. The lowest BCUT2D eigenvalue weighted by Crippen LogP contribution is -2.20. The van der Waals surface area contributed by atoms with Gasteiger partial charge < -0.3 is 19.9 Å². The van der Waals surface area contributed by atoms with Gasteiger partial charge in [0.1, 0.15) is 29.6 Å². The topological polar surface area (TPSA) is 84.9 Å². The van der Waals surface area contributed by atoms with Gasteiger partial charge in [-0.2, -0.15) is 0 Å². The zero-order valence-corrected chi connectivity index (χ0v) is 19.9. The van der Waals surface area contributed by atoms with E-state index in [-0.39, 0.29) is 10.6 Å². The van der Waals surface area contributed by atoms with Gasteiger partial charge in [-0.05, 0) is 78.2 Å². The highest BCUT2D eigenvalue weighted by atomic mass is 32.2. The lowest BCUT2D eigenvalue weighted by atomic mass is 9.99. The van der Waals surface area contributed by atoms with Crippen LogP contribution in [0.25, 0.3) is 21.9 Å². The summed E-state index contributed by atoms with van der Waals surface area (Å²) in [6, 6.07) is 23.1. The van der Waals surface area contributed by atoms with E-state index in [0.717, 1.165) is 40.7 Å². The van der Waals surface area contributed by atoms with Gasteiger partial charge in [-0.1, -0.05) is 25.1 Å². The molecular weight excluding hydrogens is 450 g/mol. The number of phenolic OH excluding ortho intramolecular Hbond substituents is 1. The van der Waals surface area contributed by atoms with Crippen LogP contribution in [0.5, 0.6) is 23.0 Å². The maximum absolute atomic E-state index is 11.9. The lowest BCUT2D eigenvalue weighted by Gasteiger charge is -2.16. The first kappa shape index (κ1) is 23.6. The number of nitrogens with one attached hydrogen (secondary N) is 1. The third kappa shape index (κ3) is 5.50. The molecule has 0 aromatic heterocycles. The smallest absolute Gasteiger partial charge is 0.175 e. The van der Waals surface area contributed by atoms with E-state index in [2.05, 4.69) is 12.2 Å². The van der Waals surface area contributed by atoms with E-state index in [4.69, 9.17) is 9.47 Å². The van der Waals surface area contributed by atoms with Crippen LogP contribution in [0.15, 0.2) is 83.8 Å². The predicted octanol–water partition coefficient (Wildman–Crippen LogP) is 5.40. The first-order chi connectivity index (χ1) is 16.3. The van der Waals surface area contributed by atoms with Gasteiger partial charge in [-0.25, -0.2) is 8.42 Å². The second-order valence-corrected chi connectivity index (χ2v) is 9.94. The van der Waals surface area contributed by atoms with Crippen LogP contribution in [0.4, 0.5) is 0 Å². The number of hydrogen-bond acceptors (Lipinski definition) is 6. The van der Waals surface area contributed by atoms with E-state index < -0.39 is 9.84 Å². The molecule has 0 aliphatic carbocycles. The Bertz CT molecular complexity index is 1380. The SMILES string of the molecule is CCNCCOc1ccc(Oc2c(-c3ccc(S(C)(=O)=O)cc3)ccc3cc(O)ccc23)cc1. The lowest BCUT2D eigenvalue weighted by molar-refractivity contribution is 0.315. The Morgan fingerprint density at radius 3 is 2.26 bits per heavy atom. The Labute approximate surface area is 199 Å². The van der Waals surface area contributed by atoms with Crippen molar-refractivity contribution in [2.24, 2.45) is 0 Å². The molecule has 0 heterocycles. The molecule has 0 spiro atoms. The Balaban J connectivity index is 1.69. The molecule has 34 heavy (non-hydrogen) atoms. The largest absolute Gasteiger partial charge is 0.508 e. The molecule has 0 aliphatic rings. The summed E-state index contributed by atoms with van der Waals surface area (Å²) in [6.07, 6.45) is 1.19. The summed E-state index contributed by atoms with van der Waals surface area (Å²) in [7, 11) is -3.29. The number of phenols is 1. The van der Waals surface area contributed by atoms with E-state index in [1.165, 1.54) is 6.26 Å². The summed E-state index contributed by atoms with van der Waals surface area (Å²) < 4.78 is 35.8. The number of ether oxygens (including phenoxy) is 2. The van der Waals surface area contributed by atoms with E-state index in [9.17, 15) is 13.5 Å². The molecule has 0 saturated heterocycles. The number of rotatable bonds is 9. The highest BCUT2D eigenvalue weighted by molar-refractivity contribution is 7.90. The van der Waals surface area contributed by atoms with Crippen molar-refractivity contribution in [1.29, 1.82) is 0 Å². The first-order valence-electron chi connectivity index (χ1n) is 11.0. The van der Waals surface area contributed by atoms with Gasteiger partial charge in [0.15, 0.2) is 9.84 Å². The van der Waals surface area contributed by atoms with Gasteiger partial charge in [0.25, 0.3) is 0 Å². The first-order valence-corrected chi connectivity index (χ1v) is 12.9. The molecule has 6 nitrogen and oxygen atoms in total. The van der Waals surface area contributed by atoms with Crippen molar-refractivity contribution in [3.63, 3.8) is 0 Å². The third-order valence-corrected chi connectivity index (χ3v) is 6.52. The van der Waals surface area contributed by atoms with E-state index in [1.807, 2.05) is 42.5 Å². The number of aromatic hydroxyl groups is 1. The van der Waals surface area contributed by atoms with Crippen LogP contribution >= 0.6 is 0 Å².